The zero-order valence-corrected chi connectivity index (χ0v) is 9.87. The van der Waals surface area contributed by atoms with Crippen LogP contribution in [-0.2, 0) is 14.1 Å². The second kappa shape index (κ2) is 5.45. The Morgan fingerprint density at radius 1 is 1.47 bits per heavy atom. The van der Waals surface area contributed by atoms with Gasteiger partial charge in [-0.3, -0.25) is 4.57 Å². The zero-order valence-electron chi connectivity index (χ0n) is 8.97. The Bertz CT molecular complexity index is 276. The molecular weight excluding hydrogens is 219 g/mol. The van der Waals surface area contributed by atoms with Crippen LogP contribution in [0.3, 0.4) is 0 Å². The summed E-state index contributed by atoms with van der Waals surface area (Å²) in [7, 11) is -4.20. The first-order valence-electron chi connectivity index (χ1n) is 4.68. The van der Waals surface area contributed by atoms with Crippen LogP contribution >= 0.6 is 7.60 Å². The number of rotatable bonds is 6. The summed E-state index contributed by atoms with van der Waals surface area (Å²) >= 11 is 0. The Morgan fingerprint density at radius 3 is 2.20 bits per heavy atom. The normalized spacial score (nSPS) is 12.3. The molecule has 0 aliphatic rings. The fourth-order valence-corrected chi connectivity index (χ4v) is 2.54. The van der Waals surface area contributed by atoms with Crippen LogP contribution in [0.25, 0.3) is 0 Å². The van der Waals surface area contributed by atoms with E-state index >= 15 is 0 Å². The zero-order chi connectivity index (χ0) is 12.1. The molecule has 0 amide bonds. The Balaban J connectivity index is 4.80. The average molecular weight is 236 g/mol. The molecule has 0 radical (unpaired) electrons. The molecule has 0 atom stereocenters. The van der Waals surface area contributed by atoms with Crippen molar-refractivity contribution in [2.75, 3.05) is 6.16 Å². The second-order valence-electron chi connectivity index (χ2n) is 3.34. The molecule has 5 nitrogen and oxygen atoms in total. The first-order valence-corrected chi connectivity index (χ1v) is 6.48. The van der Waals surface area contributed by atoms with Crippen molar-refractivity contribution in [1.82, 2.24) is 0 Å². The lowest BCUT2D eigenvalue weighted by Crippen LogP contribution is -2.37. The summed E-state index contributed by atoms with van der Waals surface area (Å²) in [6.45, 7) is 6.68. The maximum Gasteiger partial charge on any atom is 0.330 e. The lowest BCUT2D eigenvalue weighted by Gasteiger charge is -2.31. The summed E-state index contributed by atoms with van der Waals surface area (Å²) in [4.78, 5) is 28.8. The molecule has 0 spiro atoms. The molecule has 0 saturated carbocycles. The van der Waals surface area contributed by atoms with Gasteiger partial charge in [0.25, 0.3) is 0 Å². The van der Waals surface area contributed by atoms with Gasteiger partial charge in [0.1, 0.15) is 5.60 Å². The summed E-state index contributed by atoms with van der Waals surface area (Å²) < 4.78 is 15.9. The minimum absolute atomic E-state index is 0.355. The number of ether oxygens (including phenoxy) is 1. The predicted octanol–water partition coefficient (Wildman–Crippen LogP) is 1.45. The minimum Gasteiger partial charge on any atom is -0.455 e. The molecule has 0 heterocycles. The number of carbonyl (C=O) groups excluding carboxylic acids is 1. The van der Waals surface area contributed by atoms with Crippen LogP contribution in [0.15, 0.2) is 12.7 Å². The fraction of sp³-hybridized carbons (Fsp3) is 0.667. The third kappa shape index (κ3) is 5.11. The van der Waals surface area contributed by atoms with E-state index < -0.39 is 25.3 Å². The SMILES string of the molecule is C=CC(=O)OC(CC)(CC)CP(=O)(O)O. The van der Waals surface area contributed by atoms with Crippen molar-refractivity contribution in [3.8, 4) is 0 Å². The minimum atomic E-state index is -4.20. The molecule has 0 fully saturated rings. The molecule has 2 N–H and O–H groups in total. The van der Waals surface area contributed by atoms with Crippen LogP contribution in [0.2, 0.25) is 0 Å². The van der Waals surface area contributed by atoms with Gasteiger partial charge in [-0.25, -0.2) is 4.79 Å². The summed E-state index contributed by atoms with van der Waals surface area (Å²) in [5.41, 5.74) is -1.09. The van der Waals surface area contributed by atoms with Crippen LogP contribution in [-0.4, -0.2) is 27.5 Å². The molecule has 0 aromatic rings. The van der Waals surface area contributed by atoms with Crippen LogP contribution in [0, 0.1) is 0 Å². The monoisotopic (exact) mass is 236 g/mol. The van der Waals surface area contributed by atoms with E-state index in [4.69, 9.17) is 14.5 Å². The highest BCUT2D eigenvalue weighted by Gasteiger charge is 2.37. The van der Waals surface area contributed by atoms with E-state index in [9.17, 15) is 9.36 Å². The summed E-state index contributed by atoms with van der Waals surface area (Å²) in [5, 5.41) is 0. The molecule has 88 valence electrons. The molecule has 0 saturated heterocycles. The summed E-state index contributed by atoms with van der Waals surface area (Å²) in [6, 6.07) is 0. The van der Waals surface area contributed by atoms with Crippen molar-refractivity contribution in [3.63, 3.8) is 0 Å². The lowest BCUT2D eigenvalue weighted by atomic mass is 10.00. The standard InChI is InChI=1S/C9H17O5P/c1-4-8(10)14-9(5-2,6-3)7-15(11,12)13/h4H,1,5-7H2,2-3H3,(H2,11,12,13). The highest BCUT2D eigenvalue weighted by Crippen LogP contribution is 2.42. The third-order valence-corrected chi connectivity index (χ3v) is 3.25. The van der Waals surface area contributed by atoms with E-state index in [1.54, 1.807) is 13.8 Å². The quantitative estimate of drug-likeness (QED) is 0.414. The Labute approximate surface area is 89.3 Å². The van der Waals surface area contributed by atoms with Crippen LogP contribution in [0.1, 0.15) is 26.7 Å². The molecule has 0 aromatic heterocycles. The van der Waals surface area contributed by atoms with Gasteiger partial charge in [0.2, 0.25) is 0 Å². The molecule has 0 unspecified atom stereocenters. The van der Waals surface area contributed by atoms with E-state index in [1.165, 1.54) is 0 Å². The molecule has 0 aromatic carbocycles. The van der Waals surface area contributed by atoms with Gasteiger partial charge in [-0.2, -0.15) is 0 Å². The van der Waals surface area contributed by atoms with Crippen LogP contribution in [0.4, 0.5) is 0 Å². The Hall–Kier alpha value is -0.640. The Kier molecular flexibility index (Phi) is 5.21. The number of esters is 1. The van der Waals surface area contributed by atoms with Gasteiger partial charge < -0.3 is 14.5 Å². The van der Waals surface area contributed by atoms with E-state index in [0.717, 1.165) is 6.08 Å². The molecule has 15 heavy (non-hydrogen) atoms. The van der Waals surface area contributed by atoms with Crippen LogP contribution in [0.5, 0.6) is 0 Å². The third-order valence-electron chi connectivity index (χ3n) is 2.27. The van der Waals surface area contributed by atoms with Gasteiger partial charge in [-0.1, -0.05) is 20.4 Å². The van der Waals surface area contributed by atoms with E-state index in [2.05, 4.69) is 6.58 Å². The van der Waals surface area contributed by atoms with Gasteiger partial charge in [0.15, 0.2) is 0 Å². The van der Waals surface area contributed by atoms with Crippen molar-refractivity contribution < 1.29 is 23.9 Å². The number of carbonyl (C=O) groups is 1. The van der Waals surface area contributed by atoms with Gasteiger partial charge in [0, 0.05) is 6.08 Å². The topological polar surface area (TPSA) is 83.8 Å². The first-order chi connectivity index (χ1) is 6.78. The Morgan fingerprint density at radius 2 is 1.93 bits per heavy atom. The molecule has 6 heteroatoms. The smallest absolute Gasteiger partial charge is 0.330 e. The molecule has 0 aliphatic heterocycles. The van der Waals surface area contributed by atoms with Crippen molar-refractivity contribution in [3.05, 3.63) is 12.7 Å². The largest absolute Gasteiger partial charge is 0.455 e. The second-order valence-corrected chi connectivity index (χ2v) is 4.98. The predicted molar refractivity (Wildman–Crippen MR) is 56.5 cm³/mol. The highest BCUT2D eigenvalue weighted by atomic mass is 31.2. The number of hydrogen-bond donors (Lipinski definition) is 2. The van der Waals surface area contributed by atoms with Crippen molar-refractivity contribution in [2.24, 2.45) is 0 Å². The summed E-state index contributed by atoms with van der Waals surface area (Å²) in [5.74, 6) is -0.660. The maximum absolute atomic E-state index is 11.0. The van der Waals surface area contributed by atoms with Gasteiger partial charge in [-0.05, 0) is 12.8 Å². The highest BCUT2D eigenvalue weighted by molar-refractivity contribution is 7.51. The van der Waals surface area contributed by atoms with Gasteiger partial charge in [0.05, 0.1) is 6.16 Å². The van der Waals surface area contributed by atoms with Crippen molar-refractivity contribution >= 4 is 13.6 Å². The maximum atomic E-state index is 11.0. The first kappa shape index (κ1) is 14.4. The molecule has 0 aliphatic carbocycles. The van der Waals surface area contributed by atoms with Gasteiger partial charge >= 0.3 is 13.6 Å². The van der Waals surface area contributed by atoms with Gasteiger partial charge in [-0.15, -0.1) is 0 Å². The van der Waals surface area contributed by atoms with Crippen molar-refractivity contribution in [1.29, 1.82) is 0 Å². The molecule has 0 bridgehead atoms. The summed E-state index contributed by atoms with van der Waals surface area (Å²) in [6.07, 6.45) is 1.24. The van der Waals surface area contributed by atoms with Crippen LogP contribution < -0.4 is 0 Å². The fourth-order valence-electron chi connectivity index (χ4n) is 1.28. The van der Waals surface area contributed by atoms with E-state index in [1.807, 2.05) is 0 Å². The van der Waals surface area contributed by atoms with Crippen molar-refractivity contribution in [2.45, 2.75) is 32.3 Å². The van der Waals surface area contributed by atoms with E-state index in [0.29, 0.717) is 12.8 Å². The lowest BCUT2D eigenvalue weighted by molar-refractivity contribution is -0.152. The molecule has 0 rings (SSSR count). The average Bonchev–Trinajstić information content (AvgIpc) is 2.14. The molecular formula is C9H17O5P. The number of hydrogen-bond acceptors (Lipinski definition) is 3. The van der Waals surface area contributed by atoms with E-state index in [-0.39, 0.29) is 0 Å².